The van der Waals surface area contributed by atoms with Crippen molar-refractivity contribution in [3.63, 3.8) is 0 Å². The van der Waals surface area contributed by atoms with Crippen LogP contribution in [-0.4, -0.2) is 44.7 Å². The van der Waals surface area contributed by atoms with Gasteiger partial charge in [-0.1, -0.05) is 0 Å². The molecular weight excluding hydrogens is 260 g/mol. The van der Waals surface area contributed by atoms with E-state index in [-0.39, 0.29) is 12.3 Å². The Morgan fingerprint density at radius 3 is 2.56 bits per heavy atom. The van der Waals surface area contributed by atoms with Gasteiger partial charge in [-0.05, 0) is 20.8 Å². The second kappa shape index (κ2) is 5.23. The van der Waals surface area contributed by atoms with Crippen LogP contribution in [0.1, 0.15) is 20.8 Å². The van der Waals surface area contributed by atoms with Crippen LogP contribution in [0.5, 0.6) is 0 Å². The van der Waals surface area contributed by atoms with Gasteiger partial charge in [-0.3, -0.25) is 0 Å². The molecule has 7 nitrogen and oxygen atoms in total. The maximum absolute atomic E-state index is 11.5. The van der Waals surface area contributed by atoms with Crippen LogP contribution in [0.4, 0.5) is 4.79 Å². The molecule has 1 heterocycles. The number of amides is 1. The lowest BCUT2D eigenvalue weighted by Gasteiger charge is -2.30. The largest absolute Gasteiger partial charge is 0.444 e. The van der Waals surface area contributed by atoms with Gasteiger partial charge in [-0.2, -0.15) is 0 Å². The summed E-state index contributed by atoms with van der Waals surface area (Å²) in [6.45, 7) is 5.14. The molecule has 18 heavy (non-hydrogen) atoms. The zero-order chi connectivity index (χ0) is 14.0. The lowest BCUT2D eigenvalue weighted by Crippen LogP contribution is -2.56. The van der Waals surface area contributed by atoms with Crippen LogP contribution in [0.2, 0.25) is 0 Å². The van der Waals surface area contributed by atoms with E-state index in [0.29, 0.717) is 6.29 Å². The van der Waals surface area contributed by atoms with Crippen LogP contribution in [0, 0.1) is 5.92 Å². The summed E-state index contributed by atoms with van der Waals surface area (Å²) in [4.78, 5) is 22.4. The average molecular weight is 278 g/mol. The highest BCUT2D eigenvalue weighted by molar-refractivity contribution is 7.89. The second-order valence-electron chi connectivity index (χ2n) is 5.18. The molecular formula is C10H18N2O5S. The van der Waals surface area contributed by atoms with Gasteiger partial charge in [-0.15, -0.1) is 0 Å². The van der Waals surface area contributed by atoms with E-state index in [4.69, 9.17) is 4.74 Å². The van der Waals surface area contributed by atoms with Gasteiger partial charge in [0.25, 0.3) is 0 Å². The second-order valence-corrected chi connectivity index (χ2v) is 7.03. The first-order valence-corrected chi connectivity index (χ1v) is 7.20. The van der Waals surface area contributed by atoms with Crippen molar-refractivity contribution in [3.8, 4) is 0 Å². The Labute approximate surface area is 106 Å². The van der Waals surface area contributed by atoms with Crippen molar-refractivity contribution in [3.05, 3.63) is 0 Å². The molecule has 0 aromatic heterocycles. The third-order valence-corrected chi connectivity index (χ3v) is 3.76. The minimum atomic E-state index is -3.42. The van der Waals surface area contributed by atoms with Gasteiger partial charge in [-0.25, -0.2) is 17.9 Å². The van der Waals surface area contributed by atoms with E-state index in [2.05, 4.69) is 10.0 Å². The quantitative estimate of drug-likeness (QED) is 0.671. The molecule has 1 unspecified atom stereocenters. The van der Waals surface area contributed by atoms with Crippen LogP contribution >= 0.6 is 0 Å². The monoisotopic (exact) mass is 278 g/mol. The number of carbonyl (C=O) groups excluding carboxylic acids is 2. The number of nitrogens with one attached hydrogen (secondary N) is 2. The lowest BCUT2D eigenvalue weighted by atomic mass is 10.0. The number of hydrogen-bond donors (Lipinski definition) is 2. The first-order chi connectivity index (χ1) is 8.13. The van der Waals surface area contributed by atoms with Crippen molar-refractivity contribution < 1.29 is 22.7 Å². The standard InChI is InChI=1S/C10H18N2O5S/c1-10(2,3)17-9(14)12-8-4-11-18(15,16)6-7(8)5-13/h5,7-8,11H,4,6H2,1-3H3,(H,12,14)/t7-,8?/m1/s1. The molecule has 0 aliphatic carbocycles. The SMILES string of the molecule is CC(C)(C)OC(=O)NC1CNS(=O)(=O)C[C@H]1C=O. The predicted octanol–water partition coefficient (Wildman–Crippen LogP) is -0.372. The summed E-state index contributed by atoms with van der Waals surface area (Å²) in [5.41, 5.74) is -0.644. The highest BCUT2D eigenvalue weighted by atomic mass is 32.2. The summed E-state index contributed by atoms with van der Waals surface area (Å²) in [5.74, 6) is -1.08. The minimum Gasteiger partial charge on any atom is -0.444 e. The van der Waals surface area contributed by atoms with Gasteiger partial charge in [0.2, 0.25) is 10.0 Å². The molecule has 1 fully saturated rings. The highest BCUT2D eigenvalue weighted by Gasteiger charge is 2.34. The summed E-state index contributed by atoms with van der Waals surface area (Å²) in [5, 5.41) is 2.49. The third kappa shape index (κ3) is 4.61. The molecule has 1 aliphatic heterocycles. The third-order valence-electron chi connectivity index (χ3n) is 2.33. The van der Waals surface area contributed by atoms with Gasteiger partial charge in [0.1, 0.15) is 11.9 Å². The Morgan fingerprint density at radius 2 is 2.06 bits per heavy atom. The van der Waals surface area contributed by atoms with E-state index < -0.39 is 33.7 Å². The molecule has 0 aromatic carbocycles. The van der Waals surface area contributed by atoms with Crippen molar-refractivity contribution in [1.82, 2.24) is 10.0 Å². The van der Waals surface area contributed by atoms with E-state index in [1.807, 2.05) is 0 Å². The number of ether oxygens (including phenoxy) is 1. The van der Waals surface area contributed by atoms with Crippen molar-refractivity contribution >= 4 is 22.4 Å². The van der Waals surface area contributed by atoms with Crippen molar-refractivity contribution in [2.75, 3.05) is 12.3 Å². The van der Waals surface area contributed by atoms with Crippen LogP contribution in [0.3, 0.4) is 0 Å². The maximum Gasteiger partial charge on any atom is 0.407 e. The smallest absolute Gasteiger partial charge is 0.407 e. The zero-order valence-corrected chi connectivity index (χ0v) is 11.4. The summed E-state index contributed by atoms with van der Waals surface area (Å²) < 4.78 is 29.9. The molecule has 8 heteroatoms. The minimum absolute atomic E-state index is 0.00895. The molecule has 0 radical (unpaired) electrons. The number of rotatable bonds is 2. The summed E-state index contributed by atoms with van der Waals surface area (Å²) in [6, 6.07) is -0.583. The number of hydrogen-bond acceptors (Lipinski definition) is 5. The average Bonchev–Trinajstić information content (AvgIpc) is 2.17. The van der Waals surface area contributed by atoms with E-state index in [0.717, 1.165) is 0 Å². The maximum atomic E-state index is 11.5. The molecule has 2 N–H and O–H groups in total. The molecule has 1 amide bonds. The van der Waals surface area contributed by atoms with Crippen LogP contribution < -0.4 is 10.0 Å². The van der Waals surface area contributed by atoms with Crippen LogP contribution in [0.15, 0.2) is 0 Å². The molecule has 0 saturated carbocycles. The Kier molecular flexibility index (Phi) is 4.33. The normalized spacial score (nSPS) is 27.3. The zero-order valence-electron chi connectivity index (χ0n) is 10.6. The predicted molar refractivity (Wildman–Crippen MR) is 64.5 cm³/mol. The van der Waals surface area contributed by atoms with Crippen molar-refractivity contribution in [2.24, 2.45) is 5.92 Å². The van der Waals surface area contributed by atoms with E-state index in [9.17, 15) is 18.0 Å². The molecule has 0 aromatic rings. The molecule has 0 bridgehead atoms. The van der Waals surface area contributed by atoms with Crippen LogP contribution in [0.25, 0.3) is 0 Å². The van der Waals surface area contributed by atoms with Crippen molar-refractivity contribution in [1.29, 1.82) is 0 Å². The first kappa shape index (κ1) is 14.9. The van der Waals surface area contributed by atoms with E-state index in [1.165, 1.54) is 0 Å². The highest BCUT2D eigenvalue weighted by Crippen LogP contribution is 2.12. The summed E-state index contributed by atoms with van der Waals surface area (Å²) >= 11 is 0. The molecule has 1 aliphatic rings. The fourth-order valence-electron chi connectivity index (χ4n) is 1.55. The van der Waals surface area contributed by atoms with E-state index in [1.54, 1.807) is 20.8 Å². The Morgan fingerprint density at radius 1 is 1.44 bits per heavy atom. The molecule has 0 spiro atoms. The molecule has 1 saturated heterocycles. The Bertz CT molecular complexity index is 426. The molecule has 2 atom stereocenters. The van der Waals surface area contributed by atoms with Crippen molar-refractivity contribution in [2.45, 2.75) is 32.4 Å². The van der Waals surface area contributed by atoms with E-state index >= 15 is 0 Å². The number of alkyl carbamates (subject to hydrolysis) is 1. The fourth-order valence-corrected chi connectivity index (χ4v) is 2.92. The lowest BCUT2D eigenvalue weighted by molar-refractivity contribution is -0.111. The van der Waals surface area contributed by atoms with Gasteiger partial charge in [0.05, 0.1) is 17.7 Å². The number of carbonyl (C=O) groups is 2. The van der Waals surface area contributed by atoms with Gasteiger partial charge < -0.3 is 14.8 Å². The van der Waals surface area contributed by atoms with Gasteiger partial charge >= 0.3 is 6.09 Å². The summed E-state index contributed by atoms with van der Waals surface area (Å²) in [6.07, 6.45) is -0.124. The Balaban J connectivity index is 2.62. The summed E-state index contributed by atoms with van der Waals surface area (Å²) in [7, 11) is -3.42. The number of aldehydes is 1. The molecule has 1 rings (SSSR count). The first-order valence-electron chi connectivity index (χ1n) is 5.55. The topological polar surface area (TPSA) is 102 Å². The molecule has 104 valence electrons. The number of sulfonamides is 1. The fraction of sp³-hybridized carbons (Fsp3) is 0.800. The van der Waals surface area contributed by atoms with Gasteiger partial charge in [0.15, 0.2) is 0 Å². The Hall–Kier alpha value is -1.15. The van der Waals surface area contributed by atoms with Crippen LogP contribution in [-0.2, 0) is 19.6 Å². The van der Waals surface area contributed by atoms with Gasteiger partial charge in [0, 0.05) is 6.54 Å².